The molecular formula is C14H17ClN2O3. The molecule has 0 saturated carbocycles. The van der Waals surface area contributed by atoms with Gasteiger partial charge in [-0.25, -0.2) is 9.59 Å². The van der Waals surface area contributed by atoms with E-state index in [9.17, 15) is 9.59 Å². The van der Waals surface area contributed by atoms with Gasteiger partial charge in [0, 0.05) is 22.8 Å². The lowest BCUT2D eigenvalue weighted by Gasteiger charge is -2.31. The predicted molar refractivity (Wildman–Crippen MR) is 77.4 cm³/mol. The van der Waals surface area contributed by atoms with Gasteiger partial charge in [-0.1, -0.05) is 11.6 Å². The molecule has 0 aliphatic carbocycles. The van der Waals surface area contributed by atoms with Gasteiger partial charge in [-0.3, -0.25) is 0 Å². The summed E-state index contributed by atoms with van der Waals surface area (Å²) >= 11 is 5.86. The number of hydrogen-bond acceptors (Lipinski definition) is 2. The number of amides is 2. The Hall–Kier alpha value is -1.75. The number of benzene rings is 1. The molecule has 6 heteroatoms. The van der Waals surface area contributed by atoms with Crippen LogP contribution in [0, 0.1) is 0 Å². The van der Waals surface area contributed by atoms with Gasteiger partial charge in [0.25, 0.3) is 0 Å². The number of carboxylic acid groups (broad SMARTS) is 1. The summed E-state index contributed by atoms with van der Waals surface area (Å²) in [5, 5.41) is 12.0. The first-order chi connectivity index (χ1) is 9.29. The highest BCUT2D eigenvalue weighted by Gasteiger charge is 2.35. The standard InChI is InChI=1S/C14H17ClN2O3/c1-14(2)4-3-5-17(14)13(20)16-11-7-9(12(18)19)6-10(15)8-11/h6-8H,3-5H2,1-2H3,(H,16,20)(H,18,19). The molecular weight excluding hydrogens is 280 g/mol. The van der Waals surface area contributed by atoms with Crippen LogP contribution in [0.25, 0.3) is 0 Å². The summed E-state index contributed by atoms with van der Waals surface area (Å²) in [5.74, 6) is -1.08. The van der Waals surface area contributed by atoms with E-state index in [0.29, 0.717) is 12.2 Å². The Morgan fingerprint density at radius 1 is 1.35 bits per heavy atom. The minimum atomic E-state index is -1.08. The van der Waals surface area contributed by atoms with Crippen molar-refractivity contribution in [1.82, 2.24) is 4.90 Å². The van der Waals surface area contributed by atoms with Crippen LogP contribution in [0.15, 0.2) is 18.2 Å². The summed E-state index contributed by atoms with van der Waals surface area (Å²) in [5.41, 5.74) is 0.259. The lowest BCUT2D eigenvalue weighted by molar-refractivity contribution is 0.0697. The highest BCUT2D eigenvalue weighted by atomic mass is 35.5. The van der Waals surface area contributed by atoms with Gasteiger partial charge in [0.2, 0.25) is 0 Å². The quantitative estimate of drug-likeness (QED) is 0.878. The Morgan fingerprint density at radius 3 is 2.60 bits per heavy atom. The number of likely N-dealkylation sites (tertiary alicyclic amines) is 1. The molecule has 5 nitrogen and oxygen atoms in total. The number of carbonyl (C=O) groups is 2. The molecule has 0 radical (unpaired) electrons. The molecule has 1 aromatic rings. The molecule has 1 heterocycles. The van der Waals surface area contributed by atoms with Gasteiger partial charge in [-0.2, -0.15) is 0 Å². The van der Waals surface area contributed by atoms with E-state index in [1.54, 1.807) is 4.90 Å². The van der Waals surface area contributed by atoms with Crippen molar-refractivity contribution in [2.45, 2.75) is 32.2 Å². The molecule has 2 amide bonds. The topological polar surface area (TPSA) is 69.6 Å². The second-order valence-electron chi connectivity index (χ2n) is 5.53. The van der Waals surface area contributed by atoms with E-state index in [0.717, 1.165) is 12.8 Å². The zero-order valence-electron chi connectivity index (χ0n) is 11.4. The number of rotatable bonds is 2. The Balaban J connectivity index is 2.18. The second kappa shape index (κ2) is 5.32. The third-order valence-electron chi connectivity index (χ3n) is 3.54. The largest absolute Gasteiger partial charge is 0.478 e. The van der Waals surface area contributed by atoms with Crippen molar-refractivity contribution in [1.29, 1.82) is 0 Å². The zero-order chi connectivity index (χ0) is 14.9. The molecule has 0 unspecified atom stereocenters. The molecule has 20 heavy (non-hydrogen) atoms. The average Bonchev–Trinajstić information content (AvgIpc) is 2.68. The first-order valence-electron chi connectivity index (χ1n) is 6.42. The van der Waals surface area contributed by atoms with Crippen LogP contribution in [0.1, 0.15) is 37.0 Å². The molecule has 2 N–H and O–H groups in total. The van der Waals surface area contributed by atoms with Crippen LogP contribution in [0.2, 0.25) is 5.02 Å². The van der Waals surface area contributed by atoms with Gasteiger partial charge in [0.15, 0.2) is 0 Å². The number of nitrogens with zero attached hydrogens (tertiary/aromatic N) is 1. The molecule has 2 rings (SSSR count). The molecule has 0 spiro atoms. The fourth-order valence-corrected chi connectivity index (χ4v) is 2.70. The van der Waals surface area contributed by atoms with Gasteiger partial charge in [-0.05, 0) is 44.9 Å². The molecule has 1 saturated heterocycles. The summed E-state index contributed by atoms with van der Waals surface area (Å²) in [6.45, 7) is 4.73. The molecule has 0 bridgehead atoms. The minimum absolute atomic E-state index is 0.0495. The minimum Gasteiger partial charge on any atom is -0.478 e. The maximum absolute atomic E-state index is 12.2. The third kappa shape index (κ3) is 3.04. The Morgan fingerprint density at radius 2 is 2.05 bits per heavy atom. The Bertz CT molecular complexity index is 557. The smallest absolute Gasteiger partial charge is 0.335 e. The first-order valence-corrected chi connectivity index (χ1v) is 6.80. The predicted octanol–water partition coefficient (Wildman–Crippen LogP) is 3.44. The third-order valence-corrected chi connectivity index (χ3v) is 3.76. The van der Waals surface area contributed by atoms with Crippen LogP contribution in [-0.2, 0) is 0 Å². The van der Waals surface area contributed by atoms with E-state index < -0.39 is 5.97 Å². The number of carboxylic acids is 1. The van der Waals surface area contributed by atoms with Crippen molar-refractivity contribution in [3.8, 4) is 0 Å². The maximum Gasteiger partial charge on any atom is 0.335 e. The summed E-state index contributed by atoms with van der Waals surface area (Å²) in [4.78, 5) is 25.0. The average molecular weight is 297 g/mol. The van der Waals surface area contributed by atoms with Crippen molar-refractivity contribution in [3.63, 3.8) is 0 Å². The van der Waals surface area contributed by atoms with Crippen molar-refractivity contribution in [2.75, 3.05) is 11.9 Å². The first kappa shape index (κ1) is 14.7. The van der Waals surface area contributed by atoms with Crippen LogP contribution >= 0.6 is 11.6 Å². The maximum atomic E-state index is 12.2. The summed E-state index contributed by atoms with van der Waals surface area (Å²) in [7, 11) is 0. The molecule has 0 atom stereocenters. The van der Waals surface area contributed by atoms with E-state index in [1.807, 2.05) is 13.8 Å². The van der Waals surface area contributed by atoms with Crippen molar-refractivity contribution >= 4 is 29.3 Å². The Labute approximate surface area is 122 Å². The van der Waals surface area contributed by atoms with Crippen molar-refractivity contribution < 1.29 is 14.7 Å². The number of urea groups is 1. The van der Waals surface area contributed by atoms with Crippen LogP contribution in [-0.4, -0.2) is 34.1 Å². The number of anilines is 1. The normalized spacial score (nSPS) is 17.1. The van der Waals surface area contributed by atoms with E-state index in [1.165, 1.54) is 18.2 Å². The number of nitrogens with one attached hydrogen (secondary N) is 1. The molecule has 1 aliphatic heterocycles. The van der Waals surface area contributed by atoms with E-state index in [4.69, 9.17) is 16.7 Å². The second-order valence-corrected chi connectivity index (χ2v) is 5.97. The summed E-state index contributed by atoms with van der Waals surface area (Å²) < 4.78 is 0. The molecule has 1 fully saturated rings. The fraction of sp³-hybridized carbons (Fsp3) is 0.429. The van der Waals surface area contributed by atoms with Gasteiger partial charge >= 0.3 is 12.0 Å². The molecule has 1 aliphatic rings. The van der Waals surface area contributed by atoms with Crippen LogP contribution in [0.5, 0.6) is 0 Å². The van der Waals surface area contributed by atoms with Gasteiger partial charge < -0.3 is 15.3 Å². The van der Waals surface area contributed by atoms with Gasteiger partial charge in [-0.15, -0.1) is 0 Å². The van der Waals surface area contributed by atoms with E-state index in [2.05, 4.69) is 5.32 Å². The van der Waals surface area contributed by atoms with Crippen LogP contribution in [0.3, 0.4) is 0 Å². The van der Waals surface area contributed by atoms with Crippen molar-refractivity contribution in [3.05, 3.63) is 28.8 Å². The van der Waals surface area contributed by atoms with E-state index in [-0.39, 0.29) is 22.2 Å². The number of hydrogen-bond donors (Lipinski definition) is 2. The lowest BCUT2D eigenvalue weighted by Crippen LogP contribution is -2.44. The number of halogens is 1. The summed E-state index contributed by atoms with van der Waals surface area (Å²) in [6, 6.07) is 4.05. The molecule has 1 aromatic carbocycles. The highest BCUT2D eigenvalue weighted by molar-refractivity contribution is 6.31. The van der Waals surface area contributed by atoms with Crippen molar-refractivity contribution in [2.24, 2.45) is 0 Å². The molecule has 108 valence electrons. The monoisotopic (exact) mass is 296 g/mol. The summed E-state index contributed by atoms with van der Waals surface area (Å²) in [6.07, 6.45) is 1.92. The Kier molecular flexibility index (Phi) is 3.90. The van der Waals surface area contributed by atoms with Gasteiger partial charge in [0.1, 0.15) is 0 Å². The van der Waals surface area contributed by atoms with Crippen LogP contribution < -0.4 is 5.32 Å². The molecule has 0 aromatic heterocycles. The highest BCUT2D eigenvalue weighted by Crippen LogP contribution is 2.29. The zero-order valence-corrected chi connectivity index (χ0v) is 12.2. The van der Waals surface area contributed by atoms with Gasteiger partial charge in [0.05, 0.1) is 5.56 Å². The lowest BCUT2D eigenvalue weighted by atomic mass is 10.0. The van der Waals surface area contributed by atoms with Crippen LogP contribution in [0.4, 0.5) is 10.5 Å². The number of carbonyl (C=O) groups excluding carboxylic acids is 1. The SMILES string of the molecule is CC1(C)CCCN1C(=O)Nc1cc(Cl)cc(C(=O)O)c1. The fourth-order valence-electron chi connectivity index (χ4n) is 2.46. The van der Waals surface area contributed by atoms with E-state index >= 15 is 0 Å². The number of aromatic carboxylic acids is 1.